The Kier molecular flexibility index (Phi) is 3.99. The molecule has 4 heteroatoms. The molecule has 3 nitrogen and oxygen atoms in total. The summed E-state index contributed by atoms with van der Waals surface area (Å²) in [6, 6.07) is 17.5. The number of hydrogen-bond donors (Lipinski definition) is 0. The molecule has 0 saturated carbocycles. The average Bonchev–Trinajstić information content (AvgIpc) is 2.85. The number of para-hydroxylation sites is 2. The maximum Gasteiger partial charge on any atom is 0.0966 e. The average molecular weight is 481 g/mol. The van der Waals surface area contributed by atoms with E-state index in [1.165, 1.54) is 0 Å². The van der Waals surface area contributed by atoms with Gasteiger partial charge in [-0.15, -0.1) is 24.3 Å². The molecule has 0 atom stereocenters. The van der Waals surface area contributed by atoms with Crippen LogP contribution in [0.5, 0.6) is 0 Å². The molecule has 0 unspecified atom stereocenters. The van der Waals surface area contributed by atoms with Gasteiger partial charge in [0.1, 0.15) is 0 Å². The summed E-state index contributed by atoms with van der Waals surface area (Å²) in [5.41, 5.74) is 4.19. The van der Waals surface area contributed by atoms with Crippen LogP contribution < -0.4 is 0 Å². The van der Waals surface area contributed by atoms with E-state index in [4.69, 9.17) is 9.97 Å². The molecule has 119 valence electrons. The van der Waals surface area contributed by atoms with Crippen molar-refractivity contribution in [3.05, 3.63) is 54.4 Å². The molecule has 0 spiro atoms. The number of hydrogen-bond acceptors (Lipinski definition) is 2. The molecule has 4 aromatic rings. The number of rotatable bonds is 1. The molecule has 2 aromatic heterocycles. The van der Waals surface area contributed by atoms with Crippen molar-refractivity contribution < 1.29 is 20.1 Å². The Hall–Kier alpha value is -1.77. The largest absolute Gasteiger partial charge is 0.322 e. The summed E-state index contributed by atoms with van der Waals surface area (Å²) < 4.78 is 2.19. The van der Waals surface area contributed by atoms with Crippen LogP contribution >= 0.6 is 0 Å². The van der Waals surface area contributed by atoms with Gasteiger partial charge in [0.2, 0.25) is 0 Å². The quantitative estimate of drug-likeness (QED) is 0.378. The number of nitrogens with zero attached hydrogens (tertiary/aromatic N) is 3. The summed E-state index contributed by atoms with van der Waals surface area (Å²) in [6.45, 7) is 6.71. The van der Waals surface area contributed by atoms with Crippen LogP contribution in [0.4, 0.5) is 0 Å². The minimum atomic E-state index is 0. The smallest absolute Gasteiger partial charge is 0.0966 e. The van der Waals surface area contributed by atoms with Gasteiger partial charge >= 0.3 is 0 Å². The molecule has 0 aliphatic carbocycles. The van der Waals surface area contributed by atoms with Crippen LogP contribution in [0.3, 0.4) is 0 Å². The zero-order valence-electron chi connectivity index (χ0n) is 13.4. The number of benzene rings is 2. The predicted octanol–water partition coefficient (Wildman–Crippen LogP) is 4.42. The monoisotopic (exact) mass is 481 g/mol. The summed E-state index contributed by atoms with van der Waals surface area (Å²) in [7, 11) is 0. The van der Waals surface area contributed by atoms with Crippen LogP contribution in [0.25, 0.3) is 27.6 Å². The fraction of sp³-hybridized carbons (Fsp3) is 0.263. The predicted molar refractivity (Wildman–Crippen MR) is 90.0 cm³/mol. The molecule has 1 radical (unpaired) electrons. The molecule has 2 aromatic carbocycles. The molecule has 2 heterocycles. The molecule has 4 rings (SSSR count). The third-order valence-corrected chi connectivity index (χ3v) is 3.81. The Labute approximate surface area is 149 Å². The minimum Gasteiger partial charge on any atom is -0.322 e. The van der Waals surface area contributed by atoms with Gasteiger partial charge in [-0.25, -0.2) is 0 Å². The first-order valence-corrected chi connectivity index (χ1v) is 7.59. The van der Waals surface area contributed by atoms with E-state index in [1.807, 2.05) is 24.3 Å². The van der Waals surface area contributed by atoms with Gasteiger partial charge in [-0.1, -0.05) is 38.3 Å². The first-order chi connectivity index (χ1) is 10.5. The molecule has 0 aliphatic heterocycles. The molecular formula is C19H18IrN3-. The second-order valence-electron chi connectivity index (χ2n) is 6.96. The van der Waals surface area contributed by atoms with Crippen LogP contribution in [-0.2, 0) is 26.5 Å². The molecule has 0 fully saturated rings. The van der Waals surface area contributed by atoms with Crippen molar-refractivity contribution in [1.82, 2.24) is 14.4 Å². The van der Waals surface area contributed by atoms with Crippen LogP contribution in [0.2, 0.25) is 0 Å². The molecule has 23 heavy (non-hydrogen) atoms. The fourth-order valence-corrected chi connectivity index (χ4v) is 2.94. The van der Waals surface area contributed by atoms with E-state index in [1.54, 1.807) is 0 Å². The van der Waals surface area contributed by atoms with Crippen molar-refractivity contribution in [2.24, 2.45) is 5.41 Å². The van der Waals surface area contributed by atoms with Crippen molar-refractivity contribution in [3.8, 4) is 0 Å². The van der Waals surface area contributed by atoms with Gasteiger partial charge in [0, 0.05) is 26.5 Å². The normalized spacial score (nSPS) is 12.0. The molecule has 0 bridgehead atoms. The number of fused-ring (bicyclic) bond motifs is 5. The first kappa shape index (κ1) is 16.1. The maximum absolute atomic E-state index is 4.90. The standard InChI is InChI=1S/C19H18N3.Ir/c1-19(2,3)12-17-20-14-9-5-4-8-13(14)18-21-15-10-6-7-11-16(15)22(17)18;/h4-7,9-11H,12H2,1-3H3;/q-1;. The Morgan fingerprint density at radius 2 is 1.74 bits per heavy atom. The van der Waals surface area contributed by atoms with Crippen molar-refractivity contribution in [2.45, 2.75) is 27.2 Å². The summed E-state index contributed by atoms with van der Waals surface area (Å²) in [5, 5.41) is 0.983. The van der Waals surface area contributed by atoms with Gasteiger partial charge in [0.15, 0.2) is 0 Å². The first-order valence-electron chi connectivity index (χ1n) is 7.59. The van der Waals surface area contributed by atoms with E-state index in [0.717, 1.165) is 39.8 Å². The van der Waals surface area contributed by atoms with Crippen LogP contribution in [0.15, 0.2) is 42.5 Å². The zero-order chi connectivity index (χ0) is 15.3. The van der Waals surface area contributed by atoms with Gasteiger partial charge in [-0.3, -0.25) is 9.97 Å². The molecule has 0 N–H and O–H groups in total. The molecule has 0 aliphatic rings. The molecule has 0 amide bonds. The minimum absolute atomic E-state index is 0. The third-order valence-electron chi connectivity index (χ3n) is 3.81. The fourth-order valence-electron chi connectivity index (χ4n) is 2.94. The van der Waals surface area contributed by atoms with Crippen LogP contribution in [0.1, 0.15) is 26.6 Å². The summed E-state index contributed by atoms with van der Waals surface area (Å²) in [4.78, 5) is 9.73. The van der Waals surface area contributed by atoms with Gasteiger partial charge < -0.3 is 4.40 Å². The maximum atomic E-state index is 4.90. The summed E-state index contributed by atoms with van der Waals surface area (Å²) in [6.07, 6.45) is 0.898. The Morgan fingerprint density at radius 1 is 1.00 bits per heavy atom. The SMILES string of the molecule is CC(C)(C)Cc1nc2ccc[c-]c2c2nc3ccccc3n12.[Ir]. The van der Waals surface area contributed by atoms with Gasteiger partial charge in [-0.2, -0.15) is 0 Å². The summed E-state index contributed by atoms with van der Waals surface area (Å²) in [5.74, 6) is 1.06. The van der Waals surface area contributed by atoms with E-state index < -0.39 is 0 Å². The zero-order valence-corrected chi connectivity index (χ0v) is 15.8. The van der Waals surface area contributed by atoms with Crippen molar-refractivity contribution in [2.75, 3.05) is 0 Å². The van der Waals surface area contributed by atoms with E-state index >= 15 is 0 Å². The van der Waals surface area contributed by atoms with Crippen molar-refractivity contribution >= 4 is 27.6 Å². The van der Waals surface area contributed by atoms with E-state index in [2.05, 4.69) is 49.4 Å². The van der Waals surface area contributed by atoms with Crippen LogP contribution in [-0.4, -0.2) is 14.4 Å². The van der Waals surface area contributed by atoms with Crippen LogP contribution in [0, 0.1) is 11.5 Å². The topological polar surface area (TPSA) is 30.2 Å². The van der Waals surface area contributed by atoms with Gasteiger partial charge in [0.05, 0.1) is 22.5 Å². The molecule has 0 saturated heterocycles. The van der Waals surface area contributed by atoms with E-state index in [-0.39, 0.29) is 25.5 Å². The second kappa shape index (κ2) is 5.70. The number of imidazole rings is 1. The Bertz CT molecular complexity index is 996. The van der Waals surface area contributed by atoms with E-state index in [9.17, 15) is 0 Å². The molecular weight excluding hydrogens is 462 g/mol. The van der Waals surface area contributed by atoms with E-state index in [0.29, 0.717) is 0 Å². The Morgan fingerprint density at radius 3 is 2.52 bits per heavy atom. The summed E-state index contributed by atoms with van der Waals surface area (Å²) >= 11 is 0. The second-order valence-corrected chi connectivity index (χ2v) is 6.96. The van der Waals surface area contributed by atoms with Crippen molar-refractivity contribution in [1.29, 1.82) is 0 Å². The number of aromatic nitrogens is 3. The van der Waals surface area contributed by atoms with Gasteiger partial charge in [0.25, 0.3) is 0 Å². The third kappa shape index (κ3) is 2.77. The van der Waals surface area contributed by atoms with Crippen molar-refractivity contribution in [3.63, 3.8) is 0 Å². The van der Waals surface area contributed by atoms with Gasteiger partial charge in [-0.05, 0) is 23.1 Å². The Balaban J connectivity index is 0.00000156.